The molecule has 23 heavy (non-hydrogen) atoms. The fourth-order valence-electron chi connectivity index (χ4n) is 2.37. The van der Waals surface area contributed by atoms with Gasteiger partial charge in [0.05, 0.1) is 32.5 Å². The average Bonchev–Trinajstić information content (AvgIpc) is 3.07. The van der Waals surface area contributed by atoms with E-state index >= 15 is 0 Å². The Hall–Kier alpha value is -2.63. The predicted molar refractivity (Wildman–Crippen MR) is 84.0 cm³/mol. The Labute approximate surface area is 135 Å². The SMILES string of the molecule is COC(=O)Cc1cc(CCCn2ccnc2)ccc1C(=O)OC. The summed E-state index contributed by atoms with van der Waals surface area (Å²) in [6, 6.07) is 5.47. The van der Waals surface area contributed by atoms with Crippen molar-refractivity contribution in [3.8, 4) is 0 Å². The molecule has 122 valence electrons. The molecule has 2 rings (SSSR count). The highest BCUT2D eigenvalue weighted by molar-refractivity contribution is 5.92. The third kappa shape index (κ3) is 4.67. The summed E-state index contributed by atoms with van der Waals surface area (Å²) in [4.78, 5) is 27.3. The lowest BCUT2D eigenvalue weighted by Crippen LogP contribution is -2.12. The average molecular weight is 316 g/mol. The molecular formula is C17H20N2O4. The van der Waals surface area contributed by atoms with E-state index in [0.29, 0.717) is 11.1 Å². The molecule has 0 N–H and O–H groups in total. The molecule has 1 aromatic heterocycles. The Balaban J connectivity index is 2.09. The number of hydrogen-bond donors (Lipinski definition) is 0. The van der Waals surface area contributed by atoms with Crippen LogP contribution in [-0.4, -0.2) is 35.7 Å². The molecule has 0 radical (unpaired) electrons. The van der Waals surface area contributed by atoms with E-state index in [1.54, 1.807) is 18.6 Å². The van der Waals surface area contributed by atoms with Crippen LogP contribution in [0.3, 0.4) is 0 Å². The van der Waals surface area contributed by atoms with Crippen molar-refractivity contribution in [1.82, 2.24) is 9.55 Å². The van der Waals surface area contributed by atoms with Crippen LogP contribution < -0.4 is 0 Å². The third-order valence-electron chi connectivity index (χ3n) is 3.58. The van der Waals surface area contributed by atoms with Gasteiger partial charge < -0.3 is 14.0 Å². The zero-order chi connectivity index (χ0) is 16.7. The molecule has 0 aliphatic carbocycles. The second-order valence-corrected chi connectivity index (χ2v) is 5.14. The van der Waals surface area contributed by atoms with Gasteiger partial charge in [0.25, 0.3) is 0 Å². The number of ether oxygens (including phenoxy) is 2. The molecule has 6 nitrogen and oxygen atoms in total. The van der Waals surface area contributed by atoms with Crippen LogP contribution in [0.2, 0.25) is 0 Å². The van der Waals surface area contributed by atoms with Gasteiger partial charge in [-0.15, -0.1) is 0 Å². The first-order valence-corrected chi connectivity index (χ1v) is 7.36. The van der Waals surface area contributed by atoms with Crippen LogP contribution in [-0.2, 0) is 33.7 Å². The number of methoxy groups -OCH3 is 2. The fraction of sp³-hybridized carbons (Fsp3) is 0.353. The summed E-state index contributed by atoms with van der Waals surface area (Å²) in [5.74, 6) is -0.834. The van der Waals surface area contributed by atoms with E-state index in [1.807, 2.05) is 22.9 Å². The first kappa shape index (κ1) is 16.7. The fourth-order valence-corrected chi connectivity index (χ4v) is 2.37. The minimum atomic E-state index is -0.450. The van der Waals surface area contributed by atoms with Gasteiger partial charge in [-0.3, -0.25) is 4.79 Å². The van der Waals surface area contributed by atoms with Crippen LogP contribution in [0.15, 0.2) is 36.9 Å². The standard InChI is InChI=1S/C17H20N2O4/c1-22-16(20)11-14-10-13(5-6-15(14)17(21)23-2)4-3-8-19-9-7-18-12-19/h5-7,9-10,12H,3-4,8,11H2,1-2H3. The highest BCUT2D eigenvalue weighted by Gasteiger charge is 2.15. The van der Waals surface area contributed by atoms with E-state index < -0.39 is 5.97 Å². The molecule has 0 saturated carbocycles. The Morgan fingerprint density at radius 3 is 2.70 bits per heavy atom. The number of benzene rings is 1. The molecule has 0 fully saturated rings. The lowest BCUT2D eigenvalue weighted by atomic mass is 9.99. The van der Waals surface area contributed by atoms with Crippen molar-refractivity contribution in [3.05, 3.63) is 53.6 Å². The van der Waals surface area contributed by atoms with Crippen molar-refractivity contribution < 1.29 is 19.1 Å². The highest BCUT2D eigenvalue weighted by Crippen LogP contribution is 2.16. The molecule has 0 aliphatic rings. The van der Waals surface area contributed by atoms with Crippen LogP contribution in [0.1, 0.15) is 27.9 Å². The lowest BCUT2D eigenvalue weighted by Gasteiger charge is -2.10. The number of aromatic nitrogens is 2. The third-order valence-corrected chi connectivity index (χ3v) is 3.58. The Morgan fingerprint density at radius 2 is 2.04 bits per heavy atom. The first-order chi connectivity index (χ1) is 11.1. The van der Waals surface area contributed by atoms with E-state index in [4.69, 9.17) is 9.47 Å². The molecule has 0 amide bonds. The van der Waals surface area contributed by atoms with E-state index in [-0.39, 0.29) is 12.4 Å². The van der Waals surface area contributed by atoms with Crippen LogP contribution in [0.5, 0.6) is 0 Å². The maximum atomic E-state index is 11.8. The van der Waals surface area contributed by atoms with Gasteiger partial charge in [0.1, 0.15) is 0 Å². The predicted octanol–water partition coefficient (Wildman–Crippen LogP) is 2.02. The number of hydrogen-bond acceptors (Lipinski definition) is 5. The number of nitrogens with zero attached hydrogens (tertiary/aromatic N) is 2. The van der Waals surface area contributed by atoms with Crippen LogP contribution >= 0.6 is 0 Å². The van der Waals surface area contributed by atoms with Gasteiger partial charge >= 0.3 is 11.9 Å². The Kier molecular flexibility index (Phi) is 5.91. The number of imidazole rings is 1. The van der Waals surface area contributed by atoms with Gasteiger partial charge in [0, 0.05) is 18.9 Å². The maximum Gasteiger partial charge on any atom is 0.338 e. The Morgan fingerprint density at radius 1 is 1.22 bits per heavy atom. The molecule has 6 heteroatoms. The number of carbonyl (C=O) groups is 2. The summed E-state index contributed by atoms with van der Waals surface area (Å²) in [6.45, 7) is 0.866. The summed E-state index contributed by atoms with van der Waals surface area (Å²) in [5, 5.41) is 0. The van der Waals surface area contributed by atoms with Gasteiger partial charge in [-0.05, 0) is 30.0 Å². The lowest BCUT2D eigenvalue weighted by molar-refractivity contribution is -0.139. The zero-order valence-electron chi connectivity index (χ0n) is 13.3. The van der Waals surface area contributed by atoms with Crippen LogP contribution in [0.4, 0.5) is 0 Å². The van der Waals surface area contributed by atoms with Crippen LogP contribution in [0, 0.1) is 0 Å². The van der Waals surface area contributed by atoms with Gasteiger partial charge in [-0.2, -0.15) is 0 Å². The summed E-state index contributed by atoms with van der Waals surface area (Å²) < 4.78 is 11.5. The molecule has 0 aliphatic heterocycles. The molecule has 1 heterocycles. The molecule has 0 bridgehead atoms. The molecule has 0 unspecified atom stereocenters. The van der Waals surface area contributed by atoms with Crippen molar-refractivity contribution in [2.45, 2.75) is 25.8 Å². The molecule has 1 aromatic carbocycles. The van der Waals surface area contributed by atoms with Gasteiger partial charge in [-0.25, -0.2) is 9.78 Å². The van der Waals surface area contributed by atoms with E-state index in [2.05, 4.69) is 4.98 Å². The summed E-state index contributed by atoms with van der Waals surface area (Å²) >= 11 is 0. The molecular weight excluding hydrogens is 296 g/mol. The van der Waals surface area contributed by atoms with E-state index in [0.717, 1.165) is 24.9 Å². The largest absolute Gasteiger partial charge is 0.469 e. The number of rotatable bonds is 7. The Bertz CT molecular complexity index is 665. The monoisotopic (exact) mass is 316 g/mol. The van der Waals surface area contributed by atoms with Gasteiger partial charge in [0.15, 0.2) is 0 Å². The van der Waals surface area contributed by atoms with Crippen molar-refractivity contribution in [1.29, 1.82) is 0 Å². The van der Waals surface area contributed by atoms with Crippen molar-refractivity contribution in [3.63, 3.8) is 0 Å². The summed E-state index contributed by atoms with van der Waals surface area (Å²) in [6.07, 6.45) is 7.28. The first-order valence-electron chi connectivity index (χ1n) is 7.36. The molecule has 0 atom stereocenters. The van der Waals surface area contributed by atoms with Crippen LogP contribution in [0.25, 0.3) is 0 Å². The number of esters is 2. The number of aryl methyl sites for hydroxylation is 2. The van der Waals surface area contributed by atoms with Gasteiger partial charge in [0.2, 0.25) is 0 Å². The van der Waals surface area contributed by atoms with Crippen molar-refractivity contribution in [2.24, 2.45) is 0 Å². The zero-order valence-corrected chi connectivity index (χ0v) is 13.3. The second-order valence-electron chi connectivity index (χ2n) is 5.14. The normalized spacial score (nSPS) is 10.3. The molecule has 2 aromatic rings. The summed E-state index contributed by atoms with van der Waals surface area (Å²) in [5.41, 5.74) is 2.09. The summed E-state index contributed by atoms with van der Waals surface area (Å²) in [7, 11) is 2.65. The smallest absolute Gasteiger partial charge is 0.338 e. The van der Waals surface area contributed by atoms with E-state index in [1.165, 1.54) is 14.2 Å². The minimum Gasteiger partial charge on any atom is -0.469 e. The van der Waals surface area contributed by atoms with E-state index in [9.17, 15) is 9.59 Å². The molecule has 0 saturated heterocycles. The van der Waals surface area contributed by atoms with Gasteiger partial charge in [-0.1, -0.05) is 12.1 Å². The maximum absolute atomic E-state index is 11.8. The molecule has 0 spiro atoms. The highest BCUT2D eigenvalue weighted by atomic mass is 16.5. The van der Waals surface area contributed by atoms with Crippen molar-refractivity contribution >= 4 is 11.9 Å². The topological polar surface area (TPSA) is 70.4 Å². The minimum absolute atomic E-state index is 0.0519. The van der Waals surface area contributed by atoms with Crippen molar-refractivity contribution in [2.75, 3.05) is 14.2 Å². The quantitative estimate of drug-likeness (QED) is 0.731. The second kappa shape index (κ2) is 8.12. The number of carbonyl (C=O) groups excluding carboxylic acids is 2.